The van der Waals surface area contributed by atoms with E-state index in [0.717, 1.165) is 11.3 Å². The van der Waals surface area contributed by atoms with Gasteiger partial charge in [-0.05, 0) is 36.4 Å². The Balaban J connectivity index is 1.73. The highest BCUT2D eigenvalue weighted by Gasteiger charge is 2.10. The van der Waals surface area contributed by atoms with Crippen molar-refractivity contribution in [3.63, 3.8) is 0 Å². The minimum absolute atomic E-state index is 0.182. The first-order chi connectivity index (χ1) is 10.8. The van der Waals surface area contributed by atoms with Gasteiger partial charge in [0.2, 0.25) is 0 Å². The Morgan fingerprint density at radius 3 is 2.50 bits per heavy atom. The van der Waals surface area contributed by atoms with Crippen LogP contribution in [0.2, 0.25) is 0 Å². The zero-order chi connectivity index (χ0) is 15.4. The van der Waals surface area contributed by atoms with Gasteiger partial charge in [-0.15, -0.1) is 10.2 Å². The lowest BCUT2D eigenvalue weighted by atomic mass is 10.1. The van der Waals surface area contributed by atoms with Gasteiger partial charge < -0.3 is 14.6 Å². The molecule has 0 aliphatic carbocycles. The van der Waals surface area contributed by atoms with Gasteiger partial charge in [-0.2, -0.15) is 0 Å². The summed E-state index contributed by atoms with van der Waals surface area (Å²) in [4.78, 5) is 11.8. The van der Waals surface area contributed by atoms with Crippen LogP contribution in [0.4, 0.5) is 5.82 Å². The fraction of sp³-hybridized carbons (Fsp3) is 0.0667. The molecule has 0 fully saturated rings. The molecule has 0 aliphatic heterocycles. The molecule has 0 bridgehead atoms. The molecule has 2 aromatic heterocycles. The van der Waals surface area contributed by atoms with Crippen molar-refractivity contribution < 1.29 is 14.1 Å². The van der Waals surface area contributed by atoms with Crippen molar-refractivity contribution in [2.45, 2.75) is 0 Å². The molecule has 7 nitrogen and oxygen atoms in total. The van der Waals surface area contributed by atoms with E-state index in [0.29, 0.717) is 11.5 Å². The van der Waals surface area contributed by atoms with E-state index in [-0.39, 0.29) is 5.69 Å². The van der Waals surface area contributed by atoms with Crippen molar-refractivity contribution >= 4 is 11.7 Å². The van der Waals surface area contributed by atoms with Crippen LogP contribution < -0.4 is 10.1 Å². The molecule has 0 aliphatic rings. The summed E-state index contributed by atoms with van der Waals surface area (Å²) in [6, 6.07) is 12.4. The molecule has 0 saturated heterocycles. The Kier molecular flexibility index (Phi) is 3.78. The van der Waals surface area contributed by atoms with E-state index in [4.69, 9.17) is 4.74 Å². The summed E-state index contributed by atoms with van der Waals surface area (Å²) in [5, 5.41) is 14.2. The van der Waals surface area contributed by atoms with Crippen LogP contribution in [-0.2, 0) is 0 Å². The van der Waals surface area contributed by atoms with Crippen LogP contribution in [-0.4, -0.2) is 28.4 Å². The number of rotatable bonds is 4. The van der Waals surface area contributed by atoms with Crippen LogP contribution in [0.15, 0.2) is 53.3 Å². The van der Waals surface area contributed by atoms with Crippen molar-refractivity contribution in [2.24, 2.45) is 0 Å². The molecule has 0 radical (unpaired) electrons. The Morgan fingerprint density at radius 1 is 1.09 bits per heavy atom. The quantitative estimate of drug-likeness (QED) is 0.795. The normalized spacial score (nSPS) is 10.2. The lowest BCUT2D eigenvalue weighted by molar-refractivity contribution is 0.101. The average molecular weight is 296 g/mol. The first-order valence-electron chi connectivity index (χ1n) is 6.46. The van der Waals surface area contributed by atoms with Crippen molar-refractivity contribution in [3.05, 3.63) is 54.4 Å². The Labute approximate surface area is 125 Å². The smallest absolute Gasteiger partial charge is 0.279 e. The predicted octanol–water partition coefficient (Wildman–Crippen LogP) is 2.39. The zero-order valence-corrected chi connectivity index (χ0v) is 11.7. The number of benzene rings is 1. The van der Waals surface area contributed by atoms with E-state index >= 15 is 0 Å². The van der Waals surface area contributed by atoms with Crippen LogP contribution in [0, 0.1) is 0 Å². The zero-order valence-electron chi connectivity index (χ0n) is 11.7. The number of carbonyl (C=O) groups is 1. The number of anilines is 1. The third-order valence-corrected chi connectivity index (χ3v) is 2.96. The number of aromatic nitrogens is 3. The number of nitrogens with one attached hydrogen (secondary N) is 1. The molecule has 0 saturated carbocycles. The van der Waals surface area contributed by atoms with E-state index in [1.54, 1.807) is 19.2 Å². The molecule has 1 aromatic carbocycles. The third-order valence-electron chi connectivity index (χ3n) is 2.96. The summed E-state index contributed by atoms with van der Waals surface area (Å²) in [5.41, 5.74) is 1.78. The summed E-state index contributed by atoms with van der Waals surface area (Å²) in [5.74, 6) is 0.707. The van der Waals surface area contributed by atoms with Gasteiger partial charge >= 0.3 is 0 Å². The van der Waals surface area contributed by atoms with E-state index in [1.165, 1.54) is 12.3 Å². The van der Waals surface area contributed by atoms with Gasteiger partial charge in [-0.1, -0.05) is 5.16 Å². The molecule has 7 heteroatoms. The molecule has 0 atom stereocenters. The lowest BCUT2D eigenvalue weighted by Gasteiger charge is -2.04. The summed E-state index contributed by atoms with van der Waals surface area (Å²) >= 11 is 0. The Hall–Kier alpha value is -3.22. The Bertz CT molecular complexity index is 752. The number of hydrogen-bond donors (Lipinski definition) is 1. The van der Waals surface area contributed by atoms with Crippen LogP contribution in [0.3, 0.4) is 0 Å². The maximum atomic E-state index is 11.8. The summed E-state index contributed by atoms with van der Waals surface area (Å²) in [7, 11) is 1.61. The van der Waals surface area contributed by atoms with E-state index in [1.807, 2.05) is 24.3 Å². The maximum absolute atomic E-state index is 11.8. The number of nitrogens with zero attached hydrogens (tertiary/aromatic N) is 3. The highest BCUT2D eigenvalue weighted by atomic mass is 16.5. The SMILES string of the molecule is COc1ccc(-c2ccc(NC(=O)c3ccon3)nn2)cc1. The van der Waals surface area contributed by atoms with Gasteiger partial charge in [-0.3, -0.25) is 4.79 Å². The van der Waals surface area contributed by atoms with Gasteiger partial charge in [0, 0.05) is 11.6 Å². The van der Waals surface area contributed by atoms with E-state index in [2.05, 4.69) is 25.2 Å². The molecular formula is C15H12N4O3. The minimum Gasteiger partial charge on any atom is -0.497 e. The van der Waals surface area contributed by atoms with Crippen LogP contribution in [0.5, 0.6) is 5.75 Å². The summed E-state index contributed by atoms with van der Waals surface area (Å²) < 4.78 is 9.72. The fourth-order valence-corrected chi connectivity index (χ4v) is 1.82. The molecule has 3 aromatic rings. The molecule has 1 N–H and O–H groups in total. The first kappa shape index (κ1) is 13.7. The van der Waals surface area contributed by atoms with Crippen molar-refractivity contribution in [1.82, 2.24) is 15.4 Å². The number of hydrogen-bond acceptors (Lipinski definition) is 6. The second-order valence-electron chi connectivity index (χ2n) is 4.37. The van der Waals surface area contributed by atoms with Gasteiger partial charge in [-0.25, -0.2) is 0 Å². The van der Waals surface area contributed by atoms with Gasteiger partial charge in [0.25, 0.3) is 5.91 Å². The number of methoxy groups -OCH3 is 1. The number of ether oxygens (including phenoxy) is 1. The topological polar surface area (TPSA) is 90.1 Å². The molecule has 0 unspecified atom stereocenters. The summed E-state index contributed by atoms with van der Waals surface area (Å²) in [6.45, 7) is 0. The largest absolute Gasteiger partial charge is 0.497 e. The molecule has 22 heavy (non-hydrogen) atoms. The van der Waals surface area contributed by atoms with Crippen molar-refractivity contribution in [2.75, 3.05) is 12.4 Å². The van der Waals surface area contributed by atoms with Crippen LogP contribution >= 0.6 is 0 Å². The number of amides is 1. The van der Waals surface area contributed by atoms with Crippen LogP contribution in [0.25, 0.3) is 11.3 Å². The standard InChI is InChI=1S/C15H12N4O3/c1-21-11-4-2-10(3-5-11)12-6-7-14(18-17-12)16-15(20)13-8-9-22-19-13/h2-9H,1H3,(H,16,18,20). The first-order valence-corrected chi connectivity index (χ1v) is 6.46. The third kappa shape index (κ3) is 2.93. The highest BCUT2D eigenvalue weighted by molar-refractivity contribution is 6.02. The van der Waals surface area contributed by atoms with Crippen molar-refractivity contribution in [1.29, 1.82) is 0 Å². The minimum atomic E-state index is -0.403. The molecule has 2 heterocycles. The number of carbonyl (C=O) groups excluding carboxylic acids is 1. The Morgan fingerprint density at radius 2 is 1.91 bits per heavy atom. The van der Waals surface area contributed by atoms with Crippen LogP contribution in [0.1, 0.15) is 10.5 Å². The fourth-order valence-electron chi connectivity index (χ4n) is 1.82. The van der Waals surface area contributed by atoms with Gasteiger partial charge in [0.1, 0.15) is 12.0 Å². The predicted molar refractivity (Wildman–Crippen MR) is 78.5 cm³/mol. The lowest BCUT2D eigenvalue weighted by Crippen LogP contribution is -2.13. The second kappa shape index (κ2) is 6.04. The molecule has 0 spiro atoms. The van der Waals surface area contributed by atoms with Gasteiger partial charge in [0.15, 0.2) is 11.5 Å². The monoisotopic (exact) mass is 296 g/mol. The van der Waals surface area contributed by atoms with Gasteiger partial charge in [0.05, 0.1) is 12.8 Å². The average Bonchev–Trinajstić information content (AvgIpc) is 3.10. The summed E-state index contributed by atoms with van der Waals surface area (Å²) in [6.07, 6.45) is 1.33. The highest BCUT2D eigenvalue weighted by Crippen LogP contribution is 2.20. The molecule has 110 valence electrons. The van der Waals surface area contributed by atoms with Crippen molar-refractivity contribution in [3.8, 4) is 17.0 Å². The second-order valence-corrected chi connectivity index (χ2v) is 4.37. The molecule has 3 rings (SSSR count). The maximum Gasteiger partial charge on any atom is 0.279 e. The molecular weight excluding hydrogens is 284 g/mol. The van der Waals surface area contributed by atoms with E-state index in [9.17, 15) is 4.79 Å². The van der Waals surface area contributed by atoms with E-state index < -0.39 is 5.91 Å². The molecule has 1 amide bonds.